The Morgan fingerprint density at radius 1 is 1.00 bits per heavy atom. The third kappa shape index (κ3) is 11.2. The van der Waals surface area contributed by atoms with Gasteiger partial charge in [-0.3, -0.25) is 14.4 Å². The first kappa shape index (κ1) is 33.8. The molecule has 240 valence electrons. The van der Waals surface area contributed by atoms with Crippen LogP contribution in [0.3, 0.4) is 0 Å². The highest BCUT2D eigenvalue weighted by Gasteiger charge is 2.22. The number of nitrogens with zero attached hydrogens (tertiary/aromatic N) is 3. The molecular weight excluding hydrogens is 586 g/mol. The van der Waals surface area contributed by atoms with Crippen LogP contribution in [0.1, 0.15) is 36.5 Å². The first-order valence-corrected chi connectivity index (χ1v) is 14.2. The van der Waals surface area contributed by atoms with Gasteiger partial charge < -0.3 is 42.0 Å². The van der Waals surface area contributed by atoms with Gasteiger partial charge in [0, 0.05) is 36.7 Å². The Balaban J connectivity index is 1.68. The van der Waals surface area contributed by atoms with Gasteiger partial charge in [-0.05, 0) is 42.5 Å². The lowest BCUT2D eigenvalue weighted by Crippen LogP contribution is -2.47. The van der Waals surface area contributed by atoms with E-state index in [2.05, 4.69) is 26.4 Å². The van der Waals surface area contributed by atoms with Crippen LogP contribution in [0.25, 0.3) is 10.9 Å². The van der Waals surface area contributed by atoms with Crippen molar-refractivity contribution in [3.63, 3.8) is 0 Å². The predicted octanol–water partition coefficient (Wildman–Crippen LogP) is 0.593. The average Bonchev–Trinajstić information content (AvgIpc) is 3.32. The monoisotopic (exact) mass is 623 g/mol. The van der Waals surface area contributed by atoms with E-state index in [1.807, 2.05) is 24.3 Å². The van der Waals surface area contributed by atoms with Gasteiger partial charge in [-0.15, -0.1) is 0 Å². The number of carbonyl (C=O) groups is 4. The summed E-state index contributed by atoms with van der Waals surface area (Å²) in [6, 6.07) is 12.9. The number of urea groups is 1. The summed E-state index contributed by atoms with van der Waals surface area (Å²) in [4.78, 5) is 60.0. The van der Waals surface area contributed by atoms with E-state index in [1.165, 1.54) is 0 Å². The SMILES string of the molecule is CCOC(=O)Cn1cc(CC(=O)N[C@H](CCCNC(N)=N[N+](=O)[O-])C(=O)NCc2ccc(CNC(N)=O)cc2)c2ccccc21. The highest BCUT2D eigenvalue weighted by atomic mass is 16.7. The lowest BCUT2D eigenvalue weighted by Gasteiger charge is -2.19. The highest BCUT2D eigenvalue weighted by Crippen LogP contribution is 2.22. The van der Waals surface area contributed by atoms with E-state index < -0.39 is 34.9 Å². The van der Waals surface area contributed by atoms with E-state index >= 15 is 0 Å². The number of nitrogens with one attached hydrogen (secondary N) is 4. The Morgan fingerprint density at radius 3 is 2.31 bits per heavy atom. The Morgan fingerprint density at radius 2 is 1.67 bits per heavy atom. The minimum Gasteiger partial charge on any atom is -0.465 e. The van der Waals surface area contributed by atoms with Crippen LogP contribution in [-0.2, 0) is 45.2 Å². The van der Waals surface area contributed by atoms with Crippen molar-refractivity contribution in [1.82, 2.24) is 25.8 Å². The molecule has 0 fully saturated rings. The number of para-hydroxylation sites is 1. The zero-order valence-electron chi connectivity index (χ0n) is 24.8. The minimum atomic E-state index is -0.931. The van der Waals surface area contributed by atoms with Crippen LogP contribution in [-0.4, -0.2) is 58.6 Å². The molecule has 0 unspecified atom stereocenters. The molecule has 1 aromatic heterocycles. The number of primary amides is 1. The number of aromatic nitrogens is 1. The second-order valence-electron chi connectivity index (χ2n) is 9.95. The average molecular weight is 624 g/mol. The van der Waals surface area contributed by atoms with E-state index in [9.17, 15) is 29.3 Å². The standard InChI is InChI=1S/C29H37N9O7/c1-2-45-26(40)18-37-17-21(22-6-3-4-8-24(22)37)14-25(39)35-23(7-5-13-32-28(30)36-38(43)44)27(41)33-15-19-9-11-20(12-10-19)16-34-29(31)42/h3-4,6,8-12,17,23H,2,5,7,13-16,18H2,1H3,(H,33,41)(H,35,39)(H3,30,32,36)(H3,31,34,42)/t23-/m1/s1. The Labute approximate surface area is 258 Å². The number of amides is 4. The van der Waals surface area contributed by atoms with Crippen LogP contribution in [0.5, 0.6) is 0 Å². The van der Waals surface area contributed by atoms with E-state index in [-0.39, 0.29) is 51.6 Å². The summed E-state index contributed by atoms with van der Waals surface area (Å²) >= 11 is 0. The van der Waals surface area contributed by atoms with Crippen LogP contribution in [0, 0.1) is 10.1 Å². The van der Waals surface area contributed by atoms with Crippen LogP contribution in [0.2, 0.25) is 0 Å². The molecule has 3 rings (SSSR count). The molecular formula is C29H37N9O7. The Bertz CT molecular complexity index is 1540. The fourth-order valence-corrected chi connectivity index (χ4v) is 4.55. The Hall–Kier alpha value is -5.67. The normalized spacial score (nSPS) is 11.8. The number of fused-ring (bicyclic) bond motifs is 1. The minimum absolute atomic E-state index is 0.0144. The molecule has 16 nitrogen and oxygen atoms in total. The van der Waals surface area contributed by atoms with E-state index in [0.717, 1.165) is 22.0 Å². The van der Waals surface area contributed by atoms with Gasteiger partial charge in [-0.2, -0.15) is 0 Å². The third-order valence-corrected chi connectivity index (χ3v) is 6.60. The topological polar surface area (TPSA) is 238 Å². The molecule has 0 radical (unpaired) electrons. The molecule has 45 heavy (non-hydrogen) atoms. The summed E-state index contributed by atoms with van der Waals surface area (Å²) in [6.07, 6.45) is 2.19. The summed E-state index contributed by atoms with van der Waals surface area (Å²) in [5.41, 5.74) is 13.6. The van der Waals surface area contributed by atoms with Gasteiger partial charge in [-0.1, -0.05) is 42.5 Å². The molecule has 1 atom stereocenters. The van der Waals surface area contributed by atoms with Gasteiger partial charge in [0.25, 0.3) is 5.96 Å². The molecule has 0 aliphatic carbocycles. The number of hydrazone groups is 1. The molecule has 0 saturated carbocycles. The van der Waals surface area contributed by atoms with Crippen molar-refractivity contribution >= 4 is 40.7 Å². The van der Waals surface area contributed by atoms with Gasteiger partial charge >= 0.3 is 12.0 Å². The number of esters is 1. The fourth-order valence-electron chi connectivity index (χ4n) is 4.55. The molecule has 0 aliphatic rings. The lowest BCUT2D eigenvalue weighted by atomic mass is 10.1. The molecule has 0 saturated heterocycles. The number of carbonyl (C=O) groups excluding carboxylic acids is 4. The maximum Gasteiger partial charge on any atom is 0.325 e. The largest absolute Gasteiger partial charge is 0.465 e. The van der Waals surface area contributed by atoms with E-state index in [0.29, 0.717) is 12.0 Å². The van der Waals surface area contributed by atoms with Crippen molar-refractivity contribution in [2.24, 2.45) is 16.6 Å². The molecule has 8 N–H and O–H groups in total. The molecule has 4 amide bonds. The maximum absolute atomic E-state index is 13.2. The summed E-state index contributed by atoms with van der Waals surface area (Å²) in [6.45, 7) is 2.58. The van der Waals surface area contributed by atoms with Crippen LogP contribution >= 0.6 is 0 Å². The molecule has 0 bridgehead atoms. The van der Waals surface area contributed by atoms with E-state index in [1.54, 1.807) is 42.0 Å². The van der Waals surface area contributed by atoms with Crippen LogP contribution < -0.4 is 32.7 Å². The number of ether oxygens (including phenoxy) is 1. The van der Waals surface area contributed by atoms with Crippen molar-refractivity contribution in [1.29, 1.82) is 0 Å². The zero-order valence-corrected chi connectivity index (χ0v) is 24.8. The number of rotatable bonds is 16. The van der Waals surface area contributed by atoms with Crippen molar-refractivity contribution in [2.75, 3.05) is 13.2 Å². The first-order chi connectivity index (χ1) is 21.5. The molecule has 2 aromatic carbocycles. The smallest absolute Gasteiger partial charge is 0.325 e. The molecule has 1 heterocycles. The number of guanidine groups is 1. The number of nitro groups is 1. The van der Waals surface area contributed by atoms with Crippen molar-refractivity contribution in [2.45, 2.75) is 51.9 Å². The first-order valence-electron chi connectivity index (χ1n) is 14.2. The van der Waals surface area contributed by atoms with Gasteiger partial charge in [0.2, 0.25) is 11.8 Å². The second-order valence-corrected chi connectivity index (χ2v) is 9.95. The number of hydrogen-bond acceptors (Lipinski definition) is 7. The summed E-state index contributed by atoms with van der Waals surface area (Å²) in [7, 11) is 0. The quantitative estimate of drug-likeness (QED) is 0.0326. The lowest BCUT2D eigenvalue weighted by molar-refractivity contribution is -0.485. The van der Waals surface area contributed by atoms with Crippen molar-refractivity contribution in [3.8, 4) is 0 Å². The molecule has 16 heteroatoms. The van der Waals surface area contributed by atoms with Gasteiger partial charge in [0.05, 0.1) is 13.0 Å². The van der Waals surface area contributed by atoms with Gasteiger partial charge in [0.15, 0.2) is 5.03 Å². The maximum atomic E-state index is 13.2. The summed E-state index contributed by atoms with van der Waals surface area (Å²) < 4.78 is 6.79. The molecule has 0 spiro atoms. The third-order valence-electron chi connectivity index (χ3n) is 6.60. The van der Waals surface area contributed by atoms with E-state index in [4.69, 9.17) is 16.2 Å². The Kier molecular flexibility index (Phi) is 12.7. The van der Waals surface area contributed by atoms with Crippen LogP contribution in [0.4, 0.5) is 4.79 Å². The van der Waals surface area contributed by atoms with Gasteiger partial charge in [-0.25, -0.2) is 14.9 Å². The predicted molar refractivity (Wildman–Crippen MR) is 165 cm³/mol. The van der Waals surface area contributed by atoms with Crippen molar-refractivity contribution in [3.05, 3.63) is 81.5 Å². The fraction of sp³-hybridized carbons (Fsp3) is 0.345. The zero-order chi connectivity index (χ0) is 32.8. The van der Waals surface area contributed by atoms with Gasteiger partial charge in [0.1, 0.15) is 17.7 Å². The molecule has 0 aliphatic heterocycles. The van der Waals surface area contributed by atoms with Crippen LogP contribution in [0.15, 0.2) is 59.8 Å². The number of benzene rings is 2. The summed E-state index contributed by atoms with van der Waals surface area (Å²) in [5, 5.41) is 24.0. The number of hydrogen-bond donors (Lipinski definition) is 6. The summed E-state index contributed by atoms with van der Waals surface area (Å²) in [5.74, 6) is -1.62. The number of nitrogens with two attached hydrogens (primary N) is 2. The molecule has 3 aromatic rings. The highest BCUT2D eigenvalue weighted by molar-refractivity contribution is 5.92. The second kappa shape index (κ2) is 16.8. The van der Waals surface area contributed by atoms with Crippen molar-refractivity contribution < 1.29 is 28.9 Å².